The van der Waals surface area contributed by atoms with Gasteiger partial charge in [0.05, 0.1) is 20.5 Å². The van der Waals surface area contributed by atoms with Crippen LogP contribution in [0.3, 0.4) is 0 Å². The van der Waals surface area contributed by atoms with Crippen LogP contribution < -0.4 is 5.32 Å². The topological polar surface area (TPSA) is 34.0 Å². The Morgan fingerprint density at radius 3 is 2.32 bits per heavy atom. The van der Waals surface area contributed by atoms with Gasteiger partial charge in [-0.1, -0.05) is 36.4 Å². The van der Waals surface area contributed by atoms with Crippen LogP contribution in [0.2, 0.25) is 0 Å². The van der Waals surface area contributed by atoms with E-state index in [4.69, 9.17) is 0 Å². The van der Waals surface area contributed by atoms with E-state index >= 15 is 0 Å². The van der Waals surface area contributed by atoms with E-state index in [1.165, 1.54) is 23.5 Å². The summed E-state index contributed by atoms with van der Waals surface area (Å²) < 4.78 is 31.6. The SMILES string of the molecule is O=C(NCc1ccccc1F)c1cc2sc(Br)cc2n1Cc1ccccc1F. The fraction of sp³-hybridized carbons (Fsp3) is 0.0952. The highest BCUT2D eigenvalue weighted by atomic mass is 79.9. The van der Waals surface area contributed by atoms with E-state index in [1.807, 2.05) is 6.07 Å². The van der Waals surface area contributed by atoms with Crippen LogP contribution >= 0.6 is 27.3 Å². The highest BCUT2D eigenvalue weighted by Crippen LogP contribution is 2.33. The van der Waals surface area contributed by atoms with Crippen LogP contribution in [0.4, 0.5) is 8.78 Å². The summed E-state index contributed by atoms with van der Waals surface area (Å²) in [6.07, 6.45) is 0. The number of rotatable bonds is 5. The van der Waals surface area contributed by atoms with Crippen LogP contribution in [0.5, 0.6) is 0 Å². The normalized spacial score (nSPS) is 11.1. The molecule has 0 aliphatic carbocycles. The third-order valence-electron chi connectivity index (χ3n) is 4.48. The van der Waals surface area contributed by atoms with Gasteiger partial charge in [-0.3, -0.25) is 4.79 Å². The minimum Gasteiger partial charge on any atom is -0.347 e. The average Bonchev–Trinajstić information content (AvgIpc) is 3.19. The molecule has 7 heteroatoms. The summed E-state index contributed by atoms with van der Waals surface area (Å²) in [6.45, 7) is 0.301. The number of nitrogens with zero attached hydrogens (tertiary/aromatic N) is 1. The maximum absolute atomic E-state index is 14.2. The molecule has 0 atom stereocenters. The van der Waals surface area contributed by atoms with Crippen molar-refractivity contribution in [3.8, 4) is 0 Å². The highest BCUT2D eigenvalue weighted by molar-refractivity contribution is 9.11. The number of aromatic nitrogens is 1. The number of thiophene rings is 1. The van der Waals surface area contributed by atoms with Crippen molar-refractivity contribution in [2.45, 2.75) is 13.1 Å². The minimum atomic E-state index is -0.366. The second-order valence-electron chi connectivity index (χ2n) is 6.28. The number of fused-ring (bicyclic) bond motifs is 1. The van der Waals surface area contributed by atoms with Gasteiger partial charge in [0.25, 0.3) is 5.91 Å². The summed E-state index contributed by atoms with van der Waals surface area (Å²) in [5.41, 5.74) is 2.16. The van der Waals surface area contributed by atoms with E-state index in [2.05, 4.69) is 21.2 Å². The van der Waals surface area contributed by atoms with Crippen molar-refractivity contribution in [3.63, 3.8) is 0 Å². The molecule has 4 aromatic rings. The lowest BCUT2D eigenvalue weighted by Gasteiger charge is -2.12. The van der Waals surface area contributed by atoms with Crippen molar-refractivity contribution in [1.29, 1.82) is 0 Å². The maximum Gasteiger partial charge on any atom is 0.268 e. The van der Waals surface area contributed by atoms with Gasteiger partial charge in [-0.2, -0.15) is 0 Å². The number of halogens is 3. The molecule has 0 saturated heterocycles. The van der Waals surface area contributed by atoms with Crippen molar-refractivity contribution in [2.24, 2.45) is 0 Å². The van der Waals surface area contributed by atoms with E-state index in [0.29, 0.717) is 16.8 Å². The first-order valence-electron chi connectivity index (χ1n) is 8.56. The molecule has 2 heterocycles. The molecule has 142 valence electrons. The maximum atomic E-state index is 14.2. The van der Waals surface area contributed by atoms with Gasteiger partial charge in [0.2, 0.25) is 0 Å². The second-order valence-corrected chi connectivity index (χ2v) is 8.74. The van der Waals surface area contributed by atoms with Crippen molar-refractivity contribution >= 4 is 43.4 Å². The zero-order valence-electron chi connectivity index (χ0n) is 14.6. The number of nitrogens with one attached hydrogen (secondary N) is 1. The quantitative estimate of drug-likeness (QED) is 0.405. The van der Waals surface area contributed by atoms with Gasteiger partial charge in [0.1, 0.15) is 17.3 Å². The standard InChI is InChI=1S/C21H15BrF2N2OS/c22-20-10-17-19(28-20)9-18(26(17)12-14-6-2-4-8-16(14)24)21(27)25-11-13-5-1-3-7-15(13)23/h1-10H,11-12H2,(H,25,27). The summed E-state index contributed by atoms with van der Waals surface area (Å²) >= 11 is 4.96. The Morgan fingerprint density at radius 2 is 1.64 bits per heavy atom. The lowest BCUT2D eigenvalue weighted by atomic mass is 10.2. The molecular weight excluding hydrogens is 446 g/mol. The summed E-state index contributed by atoms with van der Waals surface area (Å²) in [4.78, 5) is 12.8. The molecule has 4 rings (SSSR count). The van der Waals surface area contributed by atoms with Crippen LogP contribution in [-0.4, -0.2) is 10.5 Å². The predicted octanol–water partition coefficient (Wildman–Crippen LogP) is 5.72. The Kier molecular flexibility index (Phi) is 5.28. The van der Waals surface area contributed by atoms with Gasteiger partial charge in [-0.15, -0.1) is 11.3 Å². The van der Waals surface area contributed by atoms with Gasteiger partial charge in [0.15, 0.2) is 0 Å². The highest BCUT2D eigenvalue weighted by Gasteiger charge is 2.19. The number of carbonyl (C=O) groups excluding carboxylic acids is 1. The first-order valence-corrected chi connectivity index (χ1v) is 10.2. The number of benzene rings is 2. The molecule has 1 N–H and O–H groups in total. The van der Waals surface area contributed by atoms with Gasteiger partial charge in [-0.25, -0.2) is 8.78 Å². The first-order chi connectivity index (χ1) is 13.5. The third kappa shape index (κ3) is 3.72. The first kappa shape index (κ1) is 18.8. The molecule has 28 heavy (non-hydrogen) atoms. The van der Waals surface area contributed by atoms with Crippen LogP contribution in [-0.2, 0) is 13.1 Å². The molecule has 0 fully saturated rings. The fourth-order valence-corrected chi connectivity index (χ4v) is 4.64. The van der Waals surface area contributed by atoms with Crippen molar-refractivity contribution in [1.82, 2.24) is 9.88 Å². The van der Waals surface area contributed by atoms with E-state index in [-0.39, 0.29) is 30.6 Å². The molecule has 0 bridgehead atoms. The number of carbonyl (C=O) groups is 1. The Hall–Kier alpha value is -2.51. The molecule has 2 aromatic heterocycles. The Balaban J connectivity index is 1.66. The van der Waals surface area contributed by atoms with Crippen molar-refractivity contribution in [3.05, 3.63) is 92.9 Å². The van der Waals surface area contributed by atoms with Gasteiger partial charge < -0.3 is 9.88 Å². The van der Waals surface area contributed by atoms with Crippen molar-refractivity contribution in [2.75, 3.05) is 0 Å². The van der Waals surface area contributed by atoms with Gasteiger partial charge in [0, 0.05) is 17.7 Å². The van der Waals surface area contributed by atoms with Crippen LogP contribution in [0.15, 0.2) is 64.5 Å². The van der Waals surface area contributed by atoms with Gasteiger partial charge >= 0.3 is 0 Å². The molecule has 0 spiro atoms. The molecule has 0 unspecified atom stereocenters. The van der Waals surface area contributed by atoms with Crippen molar-refractivity contribution < 1.29 is 13.6 Å². The fourth-order valence-electron chi connectivity index (χ4n) is 3.07. The molecule has 0 radical (unpaired) electrons. The Labute approximate surface area is 172 Å². The lowest BCUT2D eigenvalue weighted by molar-refractivity contribution is 0.0942. The Bertz CT molecular complexity index is 1170. The average molecular weight is 461 g/mol. The molecule has 3 nitrogen and oxygen atoms in total. The van der Waals surface area contributed by atoms with Gasteiger partial charge in [-0.05, 0) is 40.2 Å². The summed E-state index contributed by atoms with van der Waals surface area (Å²) in [5, 5.41) is 2.76. The molecule has 0 aliphatic heterocycles. The second kappa shape index (κ2) is 7.85. The number of amides is 1. The lowest BCUT2D eigenvalue weighted by Crippen LogP contribution is -2.26. The monoisotopic (exact) mass is 460 g/mol. The molecule has 2 aromatic carbocycles. The van der Waals surface area contributed by atoms with Crippen LogP contribution in [0, 0.1) is 11.6 Å². The summed E-state index contributed by atoms with van der Waals surface area (Å²) in [6, 6.07) is 16.5. The molecule has 0 aliphatic rings. The number of hydrogen-bond donors (Lipinski definition) is 1. The number of hydrogen-bond acceptors (Lipinski definition) is 2. The zero-order chi connectivity index (χ0) is 19.7. The van der Waals surface area contributed by atoms with Crippen LogP contribution in [0.1, 0.15) is 21.6 Å². The minimum absolute atomic E-state index is 0.0771. The largest absolute Gasteiger partial charge is 0.347 e. The summed E-state index contributed by atoms with van der Waals surface area (Å²) in [7, 11) is 0. The smallest absolute Gasteiger partial charge is 0.268 e. The third-order valence-corrected chi connectivity index (χ3v) is 6.05. The zero-order valence-corrected chi connectivity index (χ0v) is 17.0. The molecule has 0 saturated carbocycles. The Morgan fingerprint density at radius 1 is 1.00 bits per heavy atom. The molecule has 1 amide bonds. The van der Waals surface area contributed by atoms with E-state index in [0.717, 1.165) is 14.0 Å². The van der Waals surface area contributed by atoms with E-state index < -0.39 is 0 Å². The van der Waals surface area contributed by atoms with E-state index in [9.17, 15) is 13.6 Å². The summed E-state index contributed by atoms with van der Waals surface area (Å²) in [5.74, 6) is -1.02. The van der Waals surface area contributed by atoms with E-state index in [1.54, 1.807) is 47.0 Å². The van der Waals surface area contributed by atoms with Crippen LogP contribution in [0.25, 0.3) is 10.2 Å². The predicted molar refractivity (Wildman–Crippen MR) is 111 cm³/mol. The molecular formula is C21H15BrF2N2OS.